The molecular weight excluding hydrogens is 403 g/mol. The van der Waals surface area contributed by atoms with Gasteiger partial charge in [0.25, 0.3) is 0 Å². The molecule has 0 bridgehead atoms. The third-order valence-electron chi connectivity index (χ3n) is 4.80. The molecule has 0 aliphatic heterocycles. The third kappa shape index (κ3) is 3.71. The van der Waals surface area contributed by atoms with Crippen molar-refractivity contribution in [3.05, 3.63) is 70.9 Å². The van der Waals surface area contributed by atoms with E-state index in [1.807, 2.05) is 18.2 Å². The molecule has 152 valence electrons. The van der Waals surface area contributed by atoms with Gasteiger partial charge in [0.15, 0.2) is 17.3 Å². The highest BCUT2D eigenvalue weighted by atomic mass is 32.1. The number of fused-ring (bicyclic) bond motifs is 1. The first-order valence-electron chi connectivity index (χ1n) is 9.19. The average Bonchev–Trinajstić information content (AvgIpc) is 3.10. The molecule has 0 unspecified atom stereocenters. The van der Waals surface area contributed by atoms with Crippen LogP contribution in [0.3, 0.4) is 0 Å². The molecule has 0 spiro atoms. The van der Waals surface area contributed by atoms with E-state index in [1.54, 1.807) is 38.5 Å². The molecule has 4 aromatic rings. The Morgan fingerprint density at radius 1 is 1.03 bits per heavy atom. The van der Waals surface area contributed by atoms with Crippen LogP contribution in [0, 0.1) is 5.82 Å². The number of ketones is 1. The zero-order valence-corrected chi connectivity index (χ0v) is 17.3. The summed E-state index contributed by atoms with van der Waals surface area (Å²) in [6.07, 6.45) is 0.183. The zero-order valence-electron chi connectivity index (χ0n) is 16.4. The van der Waals surface area contributed by atoms with Crippen LogP contribution in [-0.2, 0) is 6.42 Å². The number of methoxy groups -OCH3 is 2. The summed E-state index contributed by atoms with van der Waals surface area (Å²) >= 11 is 1.27. The predicted molar refractivity (Wildman–Crippen MR) is 117 cm³/mol. The molecule has 0 aliphatic carbocycles. The van der Waals surface area contributed by atoms with Gasteiger partial charge < -0.3 is 15.2 Å². The highest BCUT2D eigenvalue weighted by Gasteiger charge is 2.19. The van der Waals surface area contributed by atoms with Crippen LogP contribution in [-0.4, -0.2) is 25.0 Å². The number of nitrogen functional groups attached to an aromatic ring is 1. The number of carbonyl (C=O) groups excluding carboxylic acids is 1. The van der Waals surface area contributed by atoms with Crippen molar-refractivity contribution in [1.29, 1.82) is 0 Å². The number of halogens is 1. The lowest BCUT2D eigenvalue weighted by molar-refractivity contribution is 0.0997. The number of thiophene rings is 1. The summed E-state index contributed by atoms with van der Waals surface area (Å²) in [5.74, 6) is 0.777. The van der Waals surface area contributed by atoms with Crippen molar-refractivity contribution in [2.75, 3.05) is 20.0 Å². The van der Waals surface area contributed by atoms with E-state index in [-0.39, 0.29) is 18.0 Å². The number of Topliss-reactive ketones (excluding diaryl/α,β-unsaturated/α-hetero) is 1. The lowest BCUT2D eigenvalue weighted by Gasteiger charge is -2.09. The predicted octanol–water partition coefficient (Wildman–Crippen LogP) is 5.13. The van der Waals surface area contributed by atoms with Gasteiger partial charge in [-0.1, -0.05) is 6.07 Å². The zero-order chi connectivity index (χ0) is 21.3. The standard InChI is InChI=1S/C23H19FN2O3S/c1-28-19-10-3-13(12-20(19)29-2)11-18(27)22-21(25)16-8-9-17(26-23(16)30-22)14-4-6-15(24)7-5-14/h3-10,12H,11,25H2,1-2H3. The van der Waals surface area contributed by atoms with Gasteiger partial charge in [-0.05, 0) is 54.1 Å². The smallest absolute Gasteiger partial charge is 0.179 e. The molecule has 4 rings (SSSR count). The van der Waals surface area contributed by atoms with Gasteiger partial charge in [-0.3, -0.25) is 4.79 Å². The third-order valence-corrected chi connectivity index (χ3v) is 5.96. The van der Waals surface area contributed by atoms with E-state index in [1.165, 1.54) is 23.5 Å². The van der Waals surface area contributed by atoms with Crippen molar-refractivity contribution >= 4 is 33.0 Å². The Kier molecular flexibility index (Phi) is 5.37. The maximum Gasteiger partial charge on any atom is 0.179 e. The van der Waals surface area contributed by atoms with Crippen molar-refractivity contribution in [3.8, 4) is 22.8 Å². The Bertz CT molecular complexity index is 1240. The second kappa shape index (κ2) is 8.12. The number of pyridine rings is 1. The summed E-state index contributed by atoms with van der Waals surface area (Å²) < 4.78 is 23.7. The minimum Gasteiger partial charge on any atom is -0.493 e. The van der Waals surface area contributed by atoms with Crippen LogP contribution in [0.15, 0.2) is 54.6 Å². The van der Waals surface area contributed by atoms with Crippen molar-refractivity contribution in [1.82, 2.24) is 4.98 Å². The van der Waals surface area contributed by atoms with Crippen molar-refractivity contribution in [3.63, 3.8) is 0 Å². The molecule has 0 saturated carbocycles. The van der Waals surface area contributed by atoms with E-state index in [4.69, 9.17) is 15.2 Å². The first kappa shape index (κ1) is 19.8. The van der Waals surface area contributed by atoms with E-state index in [9.17, 15) is 9.18 Å². The Labute approximate surface area is 176 Å². The normalized spacial score (nSPS) is 10.9. The van der Waals surface area contributed by atoms with Crippen LogP contribution >= 0.6 is 11.3 Å². The molecule has 0 amide bonds. The van der Waals surface area contributed by atoms with Gasteiger partial charge in [0.2, 0.25) is 0 Å². The first-order valence-corrected chi connectivity index (χ1v) is 10.0. The Morgan fingerprint density at radius 2 is 1.77 bits per heavy atom. The number of rotatable bonds is 6. The number of carbonyl (C=O) groups is 1. The van der Waals surface area contributed by atoms with E-state index in [2.05, 4.69) is 4.98 Å². The van der Waals surface area contributed by atoms with Crippen LogP contribution in [0.2, 0.25) is 0 Å². The summed E-state index contributed by atoms with van der Waals surface area (Å²) in [4.78, 5) is 18.7. The molecule has 2 N–H and O–H groups in total. The van der Waals surface area contributed by atoms with Crippen LogP contribution in [0.25, 0.3) is 21.5 Å². The summed E-state index contributed by atoms with van der Waals surface area (Å²) in [7, 11) is 3.12. The van der Waals surface area contributed by atoms with Crippen LogP contribution in [0.5, 0.6) is 11.5 Å². The minimum atomic E-state index is -0.303. The molecule has 0 fully saturated rings. The number of aromatic nitrogens is 1. The SMILES string of the molecule is COc1ccc(CC(=O)c2sc3nc(-c4ccc(F)cc4)ccc3c2N)cc1OC. The second-order valence-corrected chi connectivity index (χ2v) is 7.69. The maximum absolute atomic E-state index is 13.2. The fraction of sp³-hybridized carbons (Fsp3) is 0.130. The van der Waals surface area contributed by atoms with Crippen LogP contribution in [0.1, 0.15) is 15.2 Å². The number of ether oxygens (including phenoxy) is 2. The molecule has 0 radical (unpaired) electrons. The fourth-order valence-electron chi connectivity index (χ4n) is 3.24. The molecule has 2 aromatic carbocycles. The Morgan fingerprint density at radius 3 is 2.47 bits per heavy atom. The number of hydrogen-bond acceptors (Lipinski definition) is 6. The van der Waals surface area contributed by atoms with E-state index in [0.29, 0.717) is 32.6 Å². The number of benzene rings is 2. The Hall–Kier alpha value is -3.45. The summed E-state index contributed by atoms with van der Waals surface area (Å²) in [5.41, 5.74) is 8.98. The summed E-state index contributed by atoms with van der Waals surface area (Å²) in [5, 5.41) is 0.738. The minimum absolute atomic E-state index is 0.0916. The van der Waals surface area contributed by atoms with Gasteiger partial charge in [0.1, 0.15) is 10.6 Å². The lowest BCUT2D eigenvalue weighted by Crippen LogP contribution is -2.04. The van der Waals surface area contributed by atoms with Gasteiger partial charge in [0.05, 0.1) is 30.5 Å². The Balaban J connectivity index is 1.64. The molecule has 0 atom stereocenters. The van der Waals surface area contributed by atoms with Crippen molar-refractivity contribution < 1.29 is 18.7 Å². The van der Waals surface area contributed by atoms with Crippen LogP contribution in [0.4, 0.5) is 10.1 Å². The van der Waals surface area contributed by atoms with E-state index < -0.39 is 0 Å². The molecule has 5 nitrogen and oxygen atoms in total. The molecule has 2 aromatic heterocycles. The molecular formula is C23H19FN2O3S. The van der Waals surface area contributed by atoms with Gasteiger partial charge >= 0.3 is 0 Å². The number of hydrogen-bond donors (Lipinski definition) is 1. The molecule has 7 heteroatoms. The topological polar surface area (TPSA) is 74.4 Å². The fourth-order valence-corrected chi connectivity index (χ4v) is 4.27. The number of nitrogens with two attached hydrogens (primary N) is 1. The largest absolute Gasteiger partial charge is 0.493 e. The molecule has 0 saturated heterocycles. The number of anilines is 1. The van der Waals surface area contributed by atoms with Gasteiger partial charge in [-0.2, -0.15) is 0 Å². The molecule has 2 heterocycles. The molecule has 30 heavy (non-hydrogen) atoms. The summed E-state index contributed by atoms with van der Waals surface area (Å²) in [6, 6.07) is 15.2. The monoisotopic (exact) mass is 422 g/mol. The highest BCUT2D eigenvalue weighted by molar-refractivity contribution is 7.21. The average molecular weight is 422 g/mol. The maximum atomic E-state index is 13.2. The van der Waals surface area contributed by atoms with Gasteiger partial charge in [-0.15, -0.1) is 11.3 Å². The van der Waals surface area contributed by atoms with Gasteiger partial charge in [0, 0.05) is 17.4 Å². The first-order chi connectivity index (χ1) is 14.5. The van der Waals surface area contributed by atoms with Crippen molar-refractivity contribution in [2.24, 2.45) is 0 Å². The highest BCUT2D eigenvalue weighted by Crippen LogP contribution is 2.35. The van der Waals surface area contributed by atoms with E-state index >= 15 is 0 Å². The van der Waals surface area contributed by atoms with E-state index in [0.717, 1.165) is 16.5 Å². The quantitative estimate of drug-likeness (QED) is 0.436. The van der Waals surface area contributed by atoms with Crippen molar-refractivity contribution in [2.45, 2.75) is 6.42 Å². The van der Waals surface area contributed by atoms with Gasteiger partial charge in [-0.25, -0.2) is 9.37 Å². The lowest BCUT2D eigenvalue weighted by atomic mass is 10.1. The second-order valence-electron chi connectivity index (χ2n) is 6.69. The number of nitrogens with zero attached hydrogens (tertiary/aromatic N) is 1. The summed E-state index contributed by atoms with van der Waals surface area (Å²) in [6.45, 7) is 0. The molecule has 0 aliphatic rings. The van der Waals surface area contributed by atoms with Crippen LogP contribution < -0.4 is 15.2 Å².